The molecule has 0 bridgehead atoms. The lowest BCUT2D eigenvalue weighted by molar-refractivity contribution is 0.0828. The molecule has 0 radical (unpaired) electrons. The molecule has 1 aliphatic carbocycles. The van der Waals surface area contributed by atoms with E-state index in [1.54, 1.807) is 0 Å². The van der Waals surface area contributed by atoms with Gasteiger partial charge >= 0.3 is 0 Å². The summed E-state index contributed by atoms with van der Waals surface area (Å²) in [5.41, 5.74) is 6.39. The Balaban J connectivity index is 1.86. The van der Waals surface area contributed by atoms with Crippen molar-refractivity contribution in [3.05, 3.63) is 16.1 Å². The van der Waals surface area contributed by atoms with Gasteiger partial charge in [0.05, 0.1) is 5.01 Å². The Hall–Kier alpha value is -0.940. The van der Waals surface area contributed by atoms with Crippen LogP contribution < -0.4 is 11.1 Å². The summed E-state index contributed by atoms with van der Waals surface area (Å²) in [5.74, 6) is -0.0399. The van der Waals surface area contributed by atoms with Gasteiger partial charge in [0.15, 0.2) is 0 Å². The molecular weight excluding hydrogens is 258 g/mol. The van der Waals surface area contributed by atoms with Gasteiger partial charge in [-0.05, 0) is 31.2 Å². The van der Waals surface area contributed by atoms with Crippen molar-refractivity contribution in [2.75, 3.05) is 13.1 Å². The molecule has 2 rings (SSSR count). The van der Waals surface area contributed by atoms with Gasteiger partial charge in [-0.15, -0.1) is 11.3 Å². The molecule has 0 aromatic carbocycles. The van der Waals surface area contributed by atoms with Gasteiger partial charge in [-0.2, -0.15) is 0 Å². The summed E-state index contributed by atoms with van der Waals surface area (Å²) in [5, 5.41) is 5.83. The van der Waals surface area contributed by atoms with Crippen LogP contribution in [0.1, 0.15) is 54.5 Å². The number of nitrogens with two attached hydrogens (primary N) is 1. The molecule has 0 atom stereocenters. The van der Waals surface area contributed by atoms with Crippen LogP contribution in [0.2, 0.25) is 0 Å². The van der Waals surface area contributed by atoms with Crippen LogP contribution in [0.5, 0.6) is 0 Å². The predicted octanol–water partition coefficient (Wildman–Crippen LogP) is 2.34. The van der Waals surface area contributed by atoms with Gasteiger partial charge in [-0.25, -0.2) is 4.98 Å². The zero-order valence-corrected chi connectivity index (χ0v) is 12.4. The van der Waals surface area contributed by atoms with Gasteiger partial charge in [0, 0.05) is 18.3 Å². The van der Waals surface area contributed by atoms with Crippen molar-refractivity contribution in [3.63, 3.8) is 0 Å². The topological polar surface area (TPSA) is 68.0 Å². The molecule has 1 aromatic heterocycles. The van der Waals surface area contributed by atoms with E-state index in [0.29, 0.717) is 17.7 Å². The standard InChI is InChI=1S/C14H23N3OS/c1-2-5-14(6-3-7-14)10-16-13(18)11-9-19-12(17-11)4-8-15/h9H,2-8,10,15H2,1H3,(H,16,18). The summed E-state index contributed by atoms with van der Waals surface area (Å²) in [6.07, 6.45) is 6.94. The molecule has 1 fully saturated rings. The number of carbonyl (C=O) groups is 1. The van der Waals surface area contributed by atoms with Crippen molar-refractivity contribution >= 4 is 17.2 Å². The Bertz CT molecular complexity index is 426. The Morgan fingerprint density at radius 1 is 1.58 bits per heavy atom. The highest BCUT2D eigenvalue weighted by Crippen LogP contribution is 2.44. The van der Waals surface area contributed by atoms with Crippen LogP contribution in [-0.2, 0) is 6.42 Å². The molecule has 1 aliphatic rings. The normalized spacial score (nSPS) is 16.9. The molecular formula is C14H23N3OS. The molecule has 0 spiro atoms. The number of rotatable bonds is 7. The number of hydrogen-bond donors (Lipinski definition) is 2. The molecule has 19 heavy (non-hydrogen) atoms. The molecule has 1 amide bonds. The Labute approximate surface area is 118 Å². The smallest absolute Gasteiger partial charge is 0.270 e. The van der Waals surface area contributed by atoms with Crippen LogP contribution in [0, 0.1) is 5.41 Å². The third kappa shape index (κ3) is 3.54. The Kier molecular flexibility index (Phi) is 4.93. The zero-order chi connectivity index (χ0) is 13.7. The zero-order valence-electron chi connectivity index (χ0n) is 11.6. The van der Waals surface area contributed by atoms with E-state index in [0.717, 1.165) is 18.0 Å². The molecule has 1 heterocycles. The van der Waals surface area contributed by atoms with Crippen molar-refractivity contribution < 1.29 is 4.79 Å². The highest BCUT2D eigenvalue weighted by Gasteiger charge is 2.36. The minimum absolute atomic E-state index is 0.0399. The van der Waals surface area contributed by atoms with Crippen molar-refractivity contribution in [1.82, 2.24) is 10.3 Å². The van der Waals surface area contributed by atoms with Crippen LogP contribution >= 0.6 is 11.3 Å². The van der Waals surface area contributed by atoms with Gasteiger partial charge in [0.2, 0.25) is 0 Å². The number of amides is 1. The first-order valence-corrected chi connectivity index (χ1v) is 8.00. The number of nitrogens with one attached hydrogen (secondary N) is 1. The molecule has 0 unspecified atom stereocenters. The molecule has 0 aliphatic heterocycles. The van der Waals surface area contributed by atoms with E-state index in [-0.39, 0.29) is 5.91 Å². The van der Waals surface area contributed by atoms with E-state index < -0.39 is 0 Å². The molecule has 106 valence electrons. The second kappa shape index (κ2) is 6.48. The predicted molar refractivity (Wildman–Crippen MR) is 78.4 cm³/mol. The van der Waals surface area contributed by atoms with Gasteiger partial charge in [-0.3, -0.25) is 4.79 Å². The lowest BCUT2D eigenvalue weighted by Gasteiger charge is -2.42. The lowest BCUT2D eigenvalue weighted by Crippen LogP contribution is -2.42. The summed E-state index contributed by atoms with van der Waals surface area (Å²) in [4.78, 5) is 16.4. The van der Waals surface area contributed by atoms with E-state index in [1.807, 2.05) is 5.38 Å². The van der Waals surface area contributed by atoms with Crippen molar-refractivity contribution in [3.8, 4) is 0 Å². The summed E-state index contributed by atoms with van der Waals surface area (Å²) in [6.45, 7) is 3.58. The largest absolute Gasteiger partial charge is 0.350 e. The van der Waals surface area contributed by atoms with Crippen LogP contribution in [0.25, 0.3) is 0 Å². The van der Waals surface area contributed by atoms with Crippen molar-refractivity contribution in [2.45, 2.75) is 45.4 Å². The third-order valence-electron chi connectivity index (χ3n) is 3.96. The first-order valence-electron chi connectivity index (χ1n) is 7.12. The highest BCUT2D eigenvalue weighted by molar-refractivity contribution is 7.09. The average molecular weight is 281 g/mol. The number of hydrogen-bond acceptors (Lipinski definition) is 4. The number of nitrogens with zero attached hydrogens (tertiary/aromatic N) is 1. The van der Waals surface area contributed by atoms with Crippen molar-refractivity contribution in [2.24, 2.45) is 11.1 Å². The minimum atomic E-state index is -0.0399. The first kappa shape index (κ1) is 14.5. The fraction of sp³-hybridized carbons (Fsp3) is 0.714. The first-order chi connectivity index (χ1) is 9.19. The van der Waals surface area contributed by atoms with E-state index >= 15 is 0 Å². The number of carbonyl (C=O) groups excluding carboxylic acids is 1. The quantitative estimate of drug-likeness (QED) is 0.806. The second-order valence-electron chi connectivity index (χ2n) is 5.45. The molecule has 4 nitrogen and oxygen atoms in total. The van der Waals surface area contributed by atoms with Gasteiger partial charge in [-0.1, -0.05) is 19.8 Å². The highest BCUT2D eigenvalue weighted by atomic mass is 32.1. The summed E-state index contributed by atoms with van der Waals surface area (Å²) in [6, 6.07) is 0. The van der Waals surface area contributed by atoms with E-state index in [2.05, 4.69) is 17.2 Å². The SMILES string of the molecule is CCCC1(CNC(=O)c2csc(CCN)n2)CCC1. The number of thiazole rings is 1. The lowest BCUT2D eigenvalue weighted by atomic mass is 9.66. The molecule has 0 saturated heterocycles. The second-order valence-corrected chi connectivity index (χ2v) is 6.39. The monoisotopic (exact) mass is 281 g/mol. The van der Waals surface area contributed by atoms with Crippen LogP contribution in [0.4, 0.5) is 0 Å². The maximum Gasteiger partial charge on any atom is 0.270 e. The maximum absolute atomic E-state index is 12.1. The van der Waals surface area contributed by atoms with Crippen LogP contribution in [0.15, 0.2) is 5.38 Å². The minimum Gasteiger partial charge on any atom is -0.350 e. The van der Waals surface area contributed by atoms with Gasteiger partial charge in [0.25, 0.3) is 5.91 Å². The molecule has 5 heteroatoms. The molecule has 1 saturated carbocycles. The van der Waals surface area contributed by atoms with E-state index in [9.17, 15) is 4.79 Å². The summed E-state index contributed by atoms with van der Waals surface area (Å²) >= 11 is 1.51. The fourth-order valence-electron chi connectivity index (χ4n) is 2.73. The van der Waals surface area contributed by atoms with Crippen LogP contribution in [0.3, 0.4) is 0 Å². The van der Waals surface area contributed by atoms with E-state index in [1.165, 1.54) is 43.4 Å². The average Bonchev–Trinajstić information content (AvgIpc) is 2.81. The Morgan fingerprint density at radius 2 is 2.37 bits per heavy atom. The van der Waals surface area contributed by atoms with Gasteiger partial charge in [0.1, 0.15) is 5.69 Å². The third-order valence-corrected chi connectivity index (χ3v) is 4.87. The maximum atomic E-state index is 12.1. The van der Waals surface area contributed by atoms with Crippen molar-refractivity contribution in [1.29, 1.82) is 0 Å². The molecule has 3 N–H and O–H groups in total. The van der Waals surface area contributed by atoms with Crippen LogP contribution in [-0.4, -0.2) is 24.0 Å². The summed E-state index contributed by atoms with van der Waals surface area (Å²) < 4.78 is 0. The summed E-state index contributed by atoms with van der Waals surface area (Å²) in [7, 11) is 0. The van der Waals surface area contributed by atoms with E-state index in [4.69, 9.17) is 5.73 Å². The van der Waals surface area contributed by atoms with Gasteiger partial charge < -0.3 is 11.1 Å². The molecule has 1 aromatic rings. The number of aromatic nitrogens is 1. The fourth-order valence-corrected chi connectivity index (χ4v) is 3.53. The Morgan fingerprint density at radius 3 is 2.95 bits per heavy atom.